The Morgan fingerprint density at radius 3 is 2.85 bits per heavy atom. The zero-order valence-corrected chi connectivity index (χ0v) is 12.2. The smallest absolute Gasteiger partial charge is 0.303 e. The Bertz CT molecular complexity index is 358. The van der Waals surface area contributed by atoms with Crippen molar-refractivity contribution >= 4 is 11.9 Å². The van der Waals surface area contributed by atoms with Crippen LogP contribution < -0.4 is 0 Å². The van der Waals surface area contributed by atoms with Gasteiger partial charge in [0.15, 0.2) is 0 Å². The van der Waals surface area contributed by atoms with Crippen molar-refractivity contribution in [1.82, 2.24) is 4.90 Å². The Balaban J connectivity index is 1.84. The molecule has 2 rings (SSSR count). The molecular weight excluding hydrogens is 258 g/mol. The number of ether oxygens (including phenoxy) is 1. The molecule has 2 aliphatic heterocycles. The highest BCUT2D eigenvalue weighted by Gasteiger charge is 2.31. The van der Waals surface area contributed by atoms with Crippen LogP contribution in [-0.4, -0.2) is 47.7 Å². The summed E-state index contributed by atoms with van der Waals surface area (Å²) in [5.41, 5.74) is 0. The number of hydrogen-bond acceptors (Lipinski definition) is 3. The molecule has 0 spiro atoms. The molecule has 2 saturated heterocycles. The normalized spacial score (nSPS) is 31.1. The molecule has 2 heterocycles. The van der Waals surface area contributed by atoms with Crippen molar-refractivity contribution in [2.75, 3.05) is 19.7 Å². The number of hydrogen-bond donors (Lipinski definition) is 1. The molecule has 5 nitrogen and oxygen atoms in total. The Morgan fingerprint density at radius 2 is 2.15 bits per heavy atom. The molecule has 0 aromatic rings. The number of carbonyl (C=O) groups excluding carboxylic acids is 1. The third-order valence-corrected chi connectivity index (χ3v) is 4.43. The summed E-state index contributed by atoms with van der Waals surface area (Å²) in [6.45, 7) is 4.26. The molecule has 5 heteroatoms. The number of amides is 1. The van der Waals surface area contributed by atoms with Crippen molar-refractivity contribution in [3.8, 4) is 0 Å². The summed E-state index contributed by atoms with van der Waals surface area (Å²) < 4.78 is 5.50. The monoisotopic (exact) mass is 283 g/mol. The van der Waals surface area contributed by atoms with E-state index in [1.807, 2.05) is 11.8 Å². The Hall–Kier alpha value is -1.10. The van der Waals surface area contributed by atoms with E-state index in [4.69, 9.17) is 9.84 Å². The minimum atomic E-state index is -0.744. The summed E-state index contributed by atoms with van der Waals surface area (Å²) in [6, 6.07) is 0. The van der Waals surface area contributed by atoms with Crippen LogP contribution in [0.2, 0.25) is 0 Å². The Morgan fingerprint density at radius 1 is 1.35 bits per heavy atom. The van der Waals surface area contributed by atoms with Gasteiger partial charge in [0.2, 0.25) is 5.91 Å². The predicted molar refractivity (Wildman–Crippen MR) is 74.3 cm³/mol. The molecule has 0 aromatic carbocycles. The van der Waals surface area contributed by atoms with Gasteiger partial charge in [0.25, 0.3) is 0 Å². The van der Waals surface area contributed by atoms with E-state index in [-0.39, 0.29) is 24.3 Å². The van der Waals surface area contributed by atoms with Crippen LogP contribution in [0.15, 0.2) is 0 Å². The summed E-state index contributed by atoms with van der Waals surface area (Å²) in [7, 11) is 0. The number of likely N-dealkylation sites (tertiary alicyclic amines) is 1. The van der Waals surface area contributed by atoms with Gasteiger partial charge in [-0.1, -0.05) is 0 Å². The van der Waals surface area contributed by atoms with Crippen molar-refractivity contribution in [3.05, 3.63) is 0 Å². The average molecular weight is 283 g/mol. The maximum absolute atomic E-state index is 12.5. The first-order valence-corrected chi connectivity index (χ1v) is 7.68. The first-order valence-electron chi connectivity index (χ1n) is 7.68. The maximum atomic E-state index is 12.5. The van der Waals surface area contributed by atoms with Crippen LogP contribution >= 0.6 is 0 Å². The highest BCUT2D eigenvalue weighted by atomic mass is 16.5. The lowest BCUT2D eigenvalue weighted by atomic mass is 9.90. The van der Waals surface area contributed by atoms with Crippen LogP contribution in [0.3, 0.4) is 0 Å². The standard InChI is InChI=1S/C15H25NO4/c1-11-9-13(6-8-20-11)15(19)16-7-2-3-12(10-16)4-5-14(17)18/h11-13H,2-10H2,1H3,(H,17,18)/t11-,12-,13-/m1/s1. The lowest BCUT2D eigenvalue weighted by molar-refractivity contribution is -0.142. The molecule has 0 aromatic heterocycles. The number of rotatable bonds is 4. The molecule has 2 fully saturated rings. The summed E-state index contributed by atoms with van der Waals surface area (Å²) in [5.74, 6) is -0.0510. The van der Waals surface area contributed by atoms with Crippen molar-refractivity contribution < 1.29 is 19.4 Å². The van der Waals surface area contributed by atoms with E-state index in [2.05, 4.69) is 0 Å². The molecule has 0 bridgehead atoms. The van der Waals surface area contributed by atoms with Crippen LogP contribution in [0.5, 0.6) is 0 Å². The van der Waals surface area contributed by atoms with Gasteiger partial charge in [-0.3, -0.25) is 9.59 Å². The van der Waals surface area contributed by atoms with Crippen molar-refractivity contribution in [3.63, 3.8) is 0 Å². The maximum Gasteiger partial charge on any atom is 0.303 e. The Kier molecular flexibility index (Phi) is 5.40. The number of carboxylic acids is 1. The van der Waals surface area contributed by atoms with Gasteiger partial charge >= 0.3 is 5.97 Å². The van der Waals surface area contributed by atoms with Gasteiger partial charge in [0, 0.05) is 32.0 Å². The minimum Gasteiger partial charge on any atom is -0.481 e. The summed E-state index contributed by atoms with van der Waals surface area (Å²) in [6.07, 6.45) is 4.74. The largest absolute Gasteiger partial charge is 0.481 e. The highest BCUT2D eigenvalue weighted by molar-refractivity contribution is 5.79. The van der Waals surface area contributed by atoms with Crippen molar-refractivity contribution in [1.29, 1.82) is 0 Å². The lowest BCUT2D eigenvalue weighted by Crippen LogP contribution is -2.45. The third-order valence-electron chi connectivity index (χ3n) is 4.43. The van der Waals surface area contributed by atoms with Gasteiger partial charge in [0.05, 0.1) is 6.10 Å². The van der Waals surface area contributed by atoms with Gasteiger partial charge in [-0.15, -0.1) is 0 Å². The number of aliphatic carboxylic acids is 1. The van der Waals surface area contributed by atoms with Gasteiger partial charge in [-0.2, -0.15) is 0 Å². The zero-order chi connectivity index (χ0) is 14.5. The van der Waals surface area contributed by atoms with Crippen molar-refractivity contribution in [2.24, 2.45) is 11.8 Å². The molecule has 1 N–H and O–H groups in total. The molecular formula is C15H25NO4. The van der Waals surface area contributed by atoms with Crippen LogP contribution in [0.25, 0.3) is 0 Å². The van der Waals surface area contributed by atoms with E-state index in [1.165, 1.54) is 0 Å². The van der Waals surface area contributed by atoms with E-state index in [0.29, 0.717) is 18.9 Å². The second-order valence-corrected chi connectivity index (χ2v) is 6.13. The molecule has 0 aliphatic carbocycles. The van der Waals surface area contributed by atoms with E-state index in [9.17, 15) is 9.59 Å². The molecule has 20 heavy (non-hydrogen) atoms. The minimum absolute atomic E-state index is 0.0944. The first kappa shape index (κ1) is 15.3. The topological polar surface area (TPSA) is 66.8 Å². The van der Waals surface area contributed by atoms with Crippen molar-refractivity contribution in [2.45, 2.75) is 51.6 Å². The van der Waals surface area contributed by atoms with E-state index in [1.54, 1.807) is 0 Å². The van der Waals surface area contributed by atoms with Crippen LogP contribution in [0.1, 0.15) is 45.4 Å². The second-order valence-electron chi connectivity index (χ2n) is 6.13. The molecule has 0 saturated carbocycles. The summed E-state index contributed by atoms with van der Waals surface area (Å²) >= 11 is 0. The molecule has 1 amide bonds. The third kappa shape index (κ3) is 4.20. The summed E-state index contributed by atoms with van der Waals surface area (Å²) in [4.78, 5) is 25.1. The van der Waals surface area contributed by atoms with Gasteiger partial charge in [0.1, 0.15) is 0 Å². The summed E-state index contributed by atoms with van der Waals surface area (Å²) in [5, 5.41) is 8.76. The lowest BCUT2D eigenvalue weighted by Gasteiger charge is -2.36. The first-order chi connectivity index (χ1) is 9.56. The number of nitrogens with zero attached hydrogens (tertiary/aromatic N) is 1. The highest BCUT2D eigenvalue weighted by Crippen LogP contribution is 2.26. The van der Waals surface area contributed by atoms with Crippen LogP contribution in [0.4, 0.5) is 0 Å². The number of piperidine rings is 1. The zero-order valence-electron chi connectivity index (χ0n) is 12.2. The molecule has 114 valence electrons. The molecule has 0 unspecified atom stereocenters. The molecule has 0 radical (unpaired) electrons. The van der Waals surface area contributed by atoms with Crippen LogP contribution in [0, 0.1) is 11.8 Å². The van der Waals surface area contributed by atoms with Gasteiger partial charge in [-0.25, -0.2) is 0 Å². The molecule has 3 atom stereocenters. The number of carboxylic acid groups (broad SMARTS) is 1. The fraction of sp³-hybridized carbons (Fsp3) is 0.867. The van der Waals surface area contributed by atoms with E-state index < -0.39 is 5.97 Å². The second kappa shape index (κ2) is 7.07. The fourth-order valence-electron chi connectivity index (χ4n) is 3.31. The van der Waals surface area contributed by atoms with Crippen LogP contribution in [-0.2, 0) is 14.3 Å². The van der Waals surface area contributed by atoms with E-state index in [0.717, 1.165) is 38.8 Å². The van der Waals surface area contributed by atoms with Gasteiger partial charge < -0.3 is 14.7 Å². The fourth-order valence-corrected chi connectivity index (χ4v) is 3.31. The number of carbonyl (C=O) groups is 2. The SMILES string of the molecule is C[C@@H]1C[C@H](C(=O)N2CCC[C@H](CCC(=O)O)C2)CCO1. The van der Waals surface area contributed by atoms with Gasteiger partial charge in [-0.05, 0) is 44.9 Å². The Labute approximate surface area is 120 Å². The predicted octanol–water partition coefficient (Wildman–Crippen LogP) is 1.90. The van der Waals surface area contributed by atoms with E-state index >= 15 is 0 Å². The molecule has 2 aliphatic rings. The quantitative estimate of drug-likeness (QED) is 0.855. The average Bonchev–Trinajstić information content (AvgIpc) is 2.44.